The molecule has 20 heavy (non-hydrogen) atoms. The first-order valence-electron chi connectivity index (χ1n) is 6.93. The fraction of sp³-hybridized carbons (Fsp3) is 0.235. The number of benzene rings is 2. The zero-order valence-electron chi connectivity index (χ0n) is 11.3. The van der Waals surface area contributed by atoms with Crippen LogP contribution in [0.4, 0.5) is 0 Å². The van der Waals surface area contributed by atoms with E-state index in [4.69, 9.17) is 0 Å². The van der Waals surface area contributed by atoms with Crippen molar-refractivity contribution < 1.29 is 5.11 Å². The van der Waals surface area contributed by atoms with E-state index in [2.05, 4.69) is 47.4 Å². The first kappa shape index (κ1) is 12.9. The normalized spacial score (nSPS) is 12.7. The lowest BCUT2D eigenvalue weighted by Gasteiger charge is -2.12. The Morgan fingerprint density at radius 1 is 1.10 bits per heavy atom. The summed E-state index contributed by atoms with van der Waals surface area (Å²) in [5.74, 6) is 0. The largest absolute Gasteiger partial charge is 0.391 e. The minimum Gasteiger partial charge on any atom is -0.391 e. The molecule has 3 rings (SSSR count). The molecule has 1 N–H and O–H groups in total. The molecule has 3 heteroatoms. The van der Waals surface area contributed by atoms with E-state index in [9.17, 15) is 5.11 Å². The van der Waals surface area contributed by atoms with Gasteiger partial charge in [0, 0.05) is 18.9 Å². The molecule has 0 spiro atoms. The lowest BCUT2D eigenvalue weighted by molar-refractivity contribution is 0.144. The Hall–Kier alpha value is -2.13. The van der Waals surface area contributed by atoms with Crippen LogP contribution in [-0.2, 0) is 13.0 Å². The van der Waals surface area contributed by atoms with E-state index in [1.807, 2.05) is 10.8 Å². The second kappa shape index (κ2) is 5.88. The van der Waals surface area contributed by atoms with E-state index in [1.165, 1.54) is 16.3 Å². The van der Waals surface area contributed by atoms with Crippen molar-refractivity contribution in [1.29, 1.82) is 0 Å². The van der Waals surface area contributed by atoms with Gasteiger partial charge in [0.25, 0.3) is 0 Å². The topological polar surface area (TPSA) is 38.0 Å². The molecule has 3 nitrogen and oxygen atoms in total. The minimum atomic E-state index is -0.344. The maximum absolute atomic E-state index is 10.1. The molecule has 1 atom stereocenters. The number of nitrogens with zero attached hydrogens (tertiary/aromatic N) is 2. The van der Waals surface area contributed by atoms with Gasteiger partial charge >= 0.3 is 0 Å². The van der Waals surface area contributed by atoms with Gasteiger partial charge in [-0.2, -0.15) is 0 Å². The van der Waals surface area contributed by atoms with Crippen molar-refractivity contribution in [2.24, 2.45) is 0 Å². The van der Waals surface area contributed by atoms with Gasteiger partial charge in [-0.15, -0.1) is 0 Å². The summed E-state index contributed by atoms with van der Waals surface area (Å²) in [6.07, 6.45) is 6.64. The van der Waals surface area contributed by atoms with Crippen LogP contribution >= 0.6 is 0 Å². The number of hydrogen-bond donors (Lipinski definition) is 1. The molecule has 0 aliphatic heterocycles. The summed E-state index contributed by atoms with van der Waals surface area (Å²) in [6.45, 7) is 0.602. The monoisotopic (exact) mass is 266 g/mol. The third-order valence-electron chi connectivity index (χ3n) is 3.61. The van der Waals surface area contributed by atoms with Crippen LogP contribution in [0, 0.1) is 0 Å². The van der Waals surface area contributed by atoms with Crippen LogP contribution in [0.25, 0.3) is 10.8 Å². The van der Waals surface area contributed by atoms with Gasteiger partial charge in [-0.05, 0) is 29.2 Å². The Kier molecular flexibility index (Phi) is 3.79. The summed E-state index contributed by atoms with van der Waals surface area (Å²) in [5.41, 5.74) is 1.30. The number of fused-ring (bicyclic) bond motifs is 1. The van der Waals surface area contributed by atoms with Crippen molar-refractivity contribution in [3.63, 3.8) is 0 Å². The van der Waals surface area contributed by atoms with Crippen molar-refractivity contribution >= 4 is 10.8 Å². The molecule has 0 saturated carbocycles. The molecule has 0 amide bonds. The van der Waals surface area contributed by atoms with Gasteiger partial charge in [-0.25, -0.2) is 4.98 Å². The SMILES string of the molecule is OC(CCc1cccc2ccccc12)Cn1ccnc1. The second-order valence-corrected chi connectivity index (χ2v) is 5.09. The number of imidazole rings is 1. The van der Waals surface area contributed by atoms with Crippen LogP contribution in [0.1, 0.15) is 12.0 Å². The number of aromatic nitrogens is 2. The number of aliphatic hydroxyl groups is 1. The van der Waals surface area contributed by atoms with E-state index in [-0.39, 0.29) is 6.10 Å². The summed E-state index contributed by atoms with van der Waals surface area (Å²) < 4.78 is 1.91. The second-order valence-electron chi connectivity index (χ2n) is 5.09. The van der Waals surface area contributed by atoms with Crippen LogP contribution in [-0.4, -0.2) is 20.8 Å². The van der Waals surface area contributed by atoms with Crippen molar-refractivity contribution in [2.75, 3.05) is 0 Å². The molecular formula is C17H18N2O. The third-order valence-corrected chi connectivity index (χ3v) is 3.61. The molecule has 2 aromatic carbocycles. The van der Waals surface area contributed by atoms with E-state index in [0.29, 0.717) is 6.54 Å². The van der Waals surface area contributed by atoms with Gasteiger partial charge in [0.2, 0.25) is 0 Å². The molecule has 0 bridgehead atoms. The van der Waals surface area contributed by atoms with Gasteiger partial charge in [-0.1, -0.05) is 42.5 Å². The number of aryl methyl sites for hydroxylation is 1. The first-order chi connectivity index (χ1) is 9.83. The smallest absolute Gasteiger partial charge is 0.0946 e. The minimum absolute atomic E-state index is 0.344. The summed E-state index contributed by atoms with van der Waals surface area (Å²) in [6, 6.07) is 14.7. The molecule has 0 aliphatic carbocycles. The number of rotatable bonds is 5. The molecule has 102 valence electrons. The Balaban J connectivity index is 1.67. The predicted molar refractivity (Wildman–Crippen MR) is 80.5 cm³/mol. The van der Waals surface area contributed by atoms with E-state index in [0.717, 1.165) is 12.8 Å². The first-order valence-corrected chi connectivity index (χ1v) is 6.93. The number of aliphatic hydroxyl groups excluding tert-OH is 1. The summed E-state index contributed by atoms with van der Waals surface area (Å²) in [5, 5.41) is 12.6. The van der Waals surface area contributed by atoms with Gasteiger partial charge in [0.05, 0.1) is 12.4 Å². The van der Waals surface area contributed by atoms with Gasteiger partial charge in [-0.3, -0.25) is 0 Å². The maximum Gasteiger partial charge on any atom is 0.0946 e. The molecule has 0 radical (unpaired) electrons. The maximum atomic E-state index is 10.1. The van der Waals surface area contributed by atoms with Crippen molar-refractivity contribution in [3.8, 4) is 0 Å². The van der Waals surface area contributed by atoms with Gasteiger partial charge in [0.15, 0.2) is 0 Å². The molecule has 1 heterocycles. The van der Waals surface area contributed by atoms with E-state index < -0.39 is 0 Å². The zero-order valence-corrected chi connectivity index (χ0v) is 11.3. The average molecular weight is 266 g/mol. The van der Waals surface area contributed by atoms with Crippen LogP contribution in [0.5, 0.6) is 0 Å². The van der Waals surface area contributed by atoms with Crippen molar-refractivity contribution in [2.45, 2.75) is 25.5 Å². The lowest BCUT2D eigenvalue weighted by atomic mass is 9.99. The molecule has 0 aliphatic rings. The van der Waals surface area contributed by atoms with Gasteiger partial charge < -0.3 is 9.67 Å². The highest BCUT2D eigenvalue weighted by Crippen LogP contribution is 2.20. The fourth-order valence-corrected chi connectivity index (χ4v) is 2.56. The van der Waals surface area contributed by atoms with Crippen LogP contribution in [0.2, 0.25) is 0 Å². The van der Waals surface area contributed by atoms with Crippen LogP contribution < -0.4 is 0 Å². The molecule has 3 aromatic rings. The molecule has 1 unspecified atom stereocenters. The Labute approximate surface area is 118 Å². The third kappa shape index (κ3) is 2.89. The fourth-order valence-electron chi connectivity index (χ4n) is 2.56. The Morgan fingerprint density at radius 3 is 2.80 bits per heavy atom. The van der Waals surface area contributed by atoms with Gasteiger partial charge in [0.1, 0.15) is 0 Å². The lowest BCUT2D eigenvalue weighted by Crippen LogP contribution is -2.15. The summed E-state index contributed by atoms with van der Waals surface area (Å²) >= 11 is 0. The molecule has 1 aromatic heterocycles. The van der Waals surface area contributed by atoms with Crippen molar-refractivity contribution in [3.05, 3.63) is 66.7 Å². The highest BCUT2D eigenvalue weighted by Gasteiger charge is 2.07. The van der Waals surface area contributed by atoms with Crippen LogP contribution in [0.3, 0.4) is 0 Å². The average Bonchev–Trinajstić information content (AvgIpc) is 2.98. The molecule has 0 saturated heterocycles. The molecular weight excluding hydrogens is 248 g/mol. The number of hydrogen-bond acceptors (Lipinski definition) is 2. The molecule has 0 fully saturated rings. The van der Waals surface area contributed by atoms with E-state index >= 15 is 0 Å². The Bertz CT molecular complexity index is 671. The Morgan fingerprint density at radius 2 is 1.95 bits per heavy atom. The zero-order chi connectivity index (χ0) is 13.8. The standard InChI is InChI=1S/C17H18N2O/c20-16(12-19-11-10-18-13-19)9-8-15-6-3-5-14-4-1-2-7-17(14)15/h1-7,10-11,13,16,20H,8-9,12H2. The van der Waals surface area contributed by atoms with Crippen LogP contribution in [0.15, 0.2) is 61.2 Å². The van der Waals surface area contributed by atoms with Crippen molar-refractivity contribution in [1.82, 2.24) is 9.55 Å². The highest BCUT2D eigenvalue weighted by atomic mass is 16.3. The predicted octanol–water partition coefficient (Wildman–Crippen LogP) is 3.03. The van der Waals surface area contributed by atoms with E-state index in [1.54, 1.807) is 12.5 Å². The quantitative estimate of drug-likeness (QED) is 0.771. The highest BCUT2D eigenvalue weighted by molar-refractivity contribution is 5.85. The summed E-state index contributed by atoms with van der Waals surface area (Å²) in [4.78, 5) is 3.99. The summed E-state index contributed by atoms with van der Waals surface area (Å²) in [7, 11) is 0.